The van der Waals surface area contributed by atoms with E-state index in [9.17, 15) is 14.7 Å². The average Bonchev–Trinajstić information content (AvgIpc) is 2.76. The van der Waals surface area contributed by atoms with Gasteiger partial charge in [0.25, 0.3) is 0 Å². The Bertz CT molecular complexity index is 370. The molecule has 108 valence electrons. The van der Waals surface area contributed by atoms with Gasteiger partial charge in [-0.15, -0.1) is 0 Å². The normalized spacial score (nSPS) is 35.4. The number of likely N-dealkylation sites (tertiary alicyclic amines) is 1. The SMILES string of the molecule is CC1(C(=O)O)CCN(C(=O)C[C@@H]2CCCC[C@H]2O)C1. The van der Waals surface area contributed by atoms with E-state index in [1.54, 1.807) is 11.8 Å². The Kier molecular flexibility index (Phi) is 4.13. The second-order valence-electron chi connectivity index (χ2n) is 6.25. The van der Waals surface area contributed by atoms with E-state index >= 15 is 0 Å². The maximum atomic E-state index is 12.2. The van der Waals surface area contributed by atoms with Crippen molar-refractivity contribution in [2.75, 3.05) is 13.1 Å². The highest BCUT2D eigenvalue weighted by atomic mass is 16.4. The summed E-state index contributed by atoms with van der Waals surface area (Å²) in [5, 5.41) is 19.0. The molecule has 5 heteroatoms. The Morgan fingerprint density at radius 2 is 2.00 bits per heavy atom. The minimum atomic E-state index is -0.833. The van der Waals surface area contributed by atoms with Crippen LogP contribution in [0.15, 0.2) is 0 Å². The largest absolute Gasteiger partial charge is 0.481 e. The Labute approximate surface area is 113 Å². The summed E-state index contributed by atoms with van der Waals surface area (Å²) >= 11 is 0. The van der Waals surface area contributed by atoms with Crippen LogP contribution in [-0.4, -0.2) is 46.2 Å². The van der Waals surface area contributed by atoms with Gasteiger partial charge >= 0.3 is 5.97 Å². The van der Waals surface area contributed by atoms with Crippen LogP contribution in [-0.2, 0) is 9.59 Å². The Morgan fingerprint density at radius 3 is 2.58 bits per heavy atom. The highest BCUT2D eigenvalue weighted by Gasteiger charge is 2.42. The van der Waals surface area contributed by atoms with Gasteiger partial charge in [0.05, 0.1) is 11.5 Å². The molecule has 0 aromatic heterocycles. The van der Waals surface area contributed by atoms with Crippen LogP contribution in [0.1, 0.15) is 45.4 Å². The van der Waals surface area contributed by atoms with E-state index in [0.29, 0.717) is 25.9 Å². The molecule has 1 saturated carbocycles. The first-order valence-electron chi connectivity index (χ1n) is 7.11. The molecule has 1 saturated heterocycles. The molecule has 5 nitrogen and oxygen atoms in total. The lowest BCUT2D eigenvalue weighted by Gasteiger charge is -2.29. The van der Waals surface area contributed by atoms with Gasteiger partial charge < -0.3 is 15.1 Å². The number of amides is 1. The van der Waals surface area contributed by atoms with Crippen molar-refractivity contribution in [1.29, 1.82) is 0 Å². The van der Waals surface area contributed by atoms with Crippen molar-refractivity contribution in [3.63, 3.8) is 0 Å². The van der Waals surface area contributed by atoms with Crippen molar-refractivity contribution < 1.29 is 19.8 Å². The molecule has 2 aliphatic rings. The number of aliphatic carboxylic acids is 1. The quantitative estimate of drug-likeness (QED) is 0.808. The molecule has 2 rings (SSSR count). The minimum Gasteiger partial charge on any atom is -0.481 e. The number of carbonyl (C=O) groups is 2. The molecule has 0 radical (unpaired) electrons. The maximum absolute atomic E-state index is 12.2. The van der Waals surface area contributed by atoms with E-state index < -0.39 is 11.4 Å². The van der Waals surface area contributed by atoms with Crippen LogP contribution in [0.5, 0.6) is 0 Å². The predicted molar refractivity (Wildman–Crippen MR) is 69.5 cm³/mol. The van der Waals surface area contributed by atoms with Crippen LogP contribution < -0.4 is 0 Å². The van der Waals surface area contributed by atoms with Crippen molar-refractivity contribution in [1.82, 2.24) is 4.90 Å². The Hall–Kier alpha value is -1.10. The van der Waals surface area contributed by atoms with Crippen LogP contribution in [0.25, 0.3) is 0 Å². The van der Waals surface area contributed by atoms with Crippen LogP contribution in [0, 0.1) is 11.3 Å². The fourth-order valence-corrected chi connectivity index (χ4v) is 3.13. The van der Waals surface area contributed by atoms with Crippen molar-refractivity contribution in [2.24, 2.45) is 11.3 Å². The van der Waals surface area contributed by atoms with E-state index in [2.05, 4.69) is 0 Å². The van der Waals surface area contributed by atoms with Gasteiger partial charge in [-0.05, 0) is 32.1 Å². The van der Waals surface area contributed by atoms with Gasteiger partial charge in [0.15, 0.2) is 0 Å². The van der Waals surface area contributed by atoms with Gasteiger partial charge in [0.2, 0.25) is 5.91 Å². The molecule has 0 aromatic carbocycles. The van der Waals surface area contributed by atoms with Gasteiger partial charge in [-0.2, -0.15) is 0 Å². The molecule has 0 spiro atoms. The summed E-state index contributed by atoms with van der Waals surface area (Å²) < 4.78 is 0. The van der Waals surface area contributed by atoms with E-state index in [1.165, 1.54) is 0 Å². The predicted octanol–water partition coefficient (Wildman–Crippen LogP) is 1.25. The molecule has 19 heavy (non-hydrogen) atoms. The third-order valence-corrected chi connectivity index (χ3v) is 4.65. The monoisotopic (exact) mass is 269 g/mol. The number of aliphatic hydroxyl groups excluding tert-OH is 1. The summed E-state index contributed by atoms with van der Waals surface area (Å²) in [4.78, 5) is 25.0. The number of aliphatic hydroxyl groups is 1. The van der Waals surface area contributed by atoms with E-state index in [-0.39, 0.29) is 17.9 Å². The topological polar surface area (TPSA) is 77.8 Å². The molecule has 1 aliphatic carbocycles. The summed E-state index contributed by atoms with van der Waals surface area (Å²) in [6.45, 7) is 2.51. The summed E-state index contributed by atoms with van der Waals surface area (Å²) in [5.74, 6) is -0.783. The molecule has 1 unspecified atom stereocenters. The van der Waals surface area contributed by atoms with Gasteiger partial charge in [-0.3, -0.25) is 9.59 Å². The molecule has 0 bridgehead atoms. The number of carboxylic acids is 1. The van der Waals surface area contributed by atoms with Crippen molar-refractivity contribution in [3.05, 3.63) is 0 Å². The number of carboxylic acid groups (broad SMARTS) is 1. The number of nitrogens with zero attached hydrogens (tertiary/aromatic N) is 1. The maximum Gasteiger partial charge on any atom is 0.311 e. The molecular weight excluding hydrogens is 246 g/mol. The molecule has 2 fully saturated rings. The van der Waals surface area contributed by atoms with Gasteiger partial charge in [-0.25, -0.2) is 0 Å². The number of hydrogen-bond donors (Lipinski definition) is 2. The summed E-state index contributed by atoms with van der Waals surface area (Å²) in [6, 6.07) is 0. The fraction of sp³-hybridized carbons (Fsp3) is 0.857. The number of hydrogen-bond acceptors (Lipinski definition) is 3. The second kappa shape index (κ2) is 5.49. The lowest BCUT2D eigenvalue weighted by molar-refractivity contribution is -0.147. The van der Waals surface area contributed by atoms with Crippen molar-refractivity contribution >= 4 is 11.9 Å². The third-order valence-electron chi connectivity index (χ3n) is 4.65. The molecule has 1 amide bonds. The standard InChI is InChI=1S/C14H23NO4/c1-14(13(18)19)6-7-15(9-14)12(17)8-10-4-2-3-5-11(10)16/h10-11,16H,2-9H2,1H3,(H,18,19)/t10-,11+,14?/m0/s1. The first kappa shape index (κ1) is 14.3. The molecule has 1 heterocycles. The first-order valence-corrected chi connectivity index (χ1v) is 7.11. The van der Waals surface area contributed by atoms with Crippen LogP contribution in [0.3, 0.4) is 0 Å². The second-order valence-corrected chi connectivity index (χ2v) is 6.25. The number of carbonyl (C=O) groups excluding carboxylic acids is 1. The molecule has 1 aliphatic heterocycles. The molecular formula is C14H23NO4. The molecule has 0 aromatic rings. The zero-order valence-corrected chi connectivity index (χ0v) is 11.5. The fourth-order valence-electron chi connectivity index (χ4n) is 3.13. The van der Waals surface area contributed by atoms with Crippen LogP contribution in [0.2, 0.25) is 0 Å². The highest BCUT2D eigenvalue weighted by Crippen LogP contribution is 2.32. The summed E-state index contributed by atoms with van der Waals surface area (Å²) in [7, 11) is 0. The summed E-state index contributed by atoms with van der Waals surface area (Å²) in [6.07, 6.45) is 4.29. The lowest BCUT2D eigenvalue weighted by Crippen LogP contribution is -2.37. The van der Waals surface area contributed by atoms with E-state index in [1.807, 2.05) is 0 Å². The average molecular weight is 269 g/mol. The molecule has 2 N–H and O–H groups in total. The van der Waals surface area contributed by atoms with E-state index in [4.69, 9.17) is 5.11 Å². The van der Waals surface area contributed by atoms with Crippen molar-refractivity contribution in [2.45, 2.75) is 51.6 Å². The van der Waals surface area contributed by atoms with Crippen LogP contribution >= 0.6 is 0 Å². The zero-order valence-electron chi connectivity index (χ0n) is 11.5. The zero-order chi connectivity index (χ0) is 14.0. The third kappa shape index (κ3) is 3.08. The highest BCUT2D eigenvalue weighted by molar-refractivity contribution is 5.80. The van der Waals surface area contributed by atoms with Gasteiger partial charge in [0.1, 0.15) is 0 Å². The van der Waals surface area contributed by atoms with Crippen molar-refractivity contribution in [3.8, 4) is 0 Å². The van der Waals surface area contributed by atoms with Crippen LogP contribution in [0.4, 0.5) is 0 Å². The van der Waals surface area contributed by atoms with E-state index in [0.717, 1.165) is 25.7 Å². The Balaban J connectivity index is 1.89. The minimum absolute atomic E-state index is 0.00377. The Morgan fingerprint density at radius 1 is 1.32 bits per heavy atom. The first-order chi connectivity index (χ1) is 8.92. The van der Waals surface area contributed by atoms with Gasteiger partial charge in [0, 0.05) is 19.5 Å². The molecule has 3 atom stereocenters. The summed E-state index contributed by atoms with van der Waals surface area (Å²) in [5.41, 5.74) is -0.805. The van der Waals surface area contributed by atoms with Gasteiger partial charge in [-0.1, -0.05) is 12.8 Å². The number of rotatable bonds is 3. The lowest BCUT2D eigenvalue weighted by atomic mass is 9.84. The smallest absolute Gasteiger partial charge is 0.311 e.